The number of carbonyl (C=O) groups excluding carboxylic acids is 1. The Bertz CT molecular complexity index is 777. The molecule has 0 radical (unpaired) electrons. The van der Waals surface area contributed by atoms with Crippen LogP contribution in [0.15, 0.2) is 24.8 Å². The number of carbonyl (C=O) groups is 1. The van der Waals surface area contributed by atoms with Gasteiger partial charge < -0.3 is 15.3 Å². The van der Waals surface area contributed by atoms with Crippen molar-refractivity contribution in [1.82, 2.24) is 24.8 Å². The fourth-order valence-corrected chi connectivity index (χ4v) is 3.66. The molecule has 0 aromatic carbocycles. The van der Waals surface area contributed by atoms with Gasteiger partial charge in [0, 0.05) is 43.2 Å². The average molecular weight is 387 g/mol. The lowest BCUT2D eigenvalue weighted by Gasteiger charge is -2.36. The molecule has 0 aliphatic carbocycles. The summed E-state index contributed by atoms with van der Waals surface area (Å²) in [5.74, 6) is 1.61. The number of piperidine rings is 1. The van der Waals surface area contributed by atoms with Gasteiger partial charge in [-0.15, -0.1) is 0 Å². The van der Waals surface area contributed by atoms with E-state index in [1.54, 1.807) is 17.1 Å². The summed E-state index contributed by atoms with van der Waals surface area (Å²) in [6, 6.07) is 2.02. The van der Waals surface area contributed by atoms with Crippen LogP contribution in [0.25, 0.3) is 5.95 Å². The van der Waals surface area contributed by atoms with Crippen LogP contribution < -0.4 is 10.2 Å². The lowest BCUT2D eigenvalue weighted by Crippen LogP contribution is -2.45. The standard InChI is InChI=1S/C20H30N6O2/c1-14(2)10-18(27)24-19(28)12-16-6-4-5-8-26(16)17-11-15(3)22-20(23-17)25-9-7-21-13-25/h7,9,11,13-14,16,18,27H,4-6,8,10,12H2,1-3H3,(H,24,28). The largest absolute Gasteiger partial charge is 0.374 e. The molecular formula is C20H30N6O2. The molecule has 1 amide bonds. The van der Waals surface area contributed by atoms with E-state index in [1.807, 2.05) is 33.0 Å². The minimum absolute atomic E-state index is 0.0601. The summed E-state index contributed by atoms with van der Waals surface area (Å²) in [4.78, 5) is 27.9. The highest BCUT2D eigenvalue weighted by Gasteiger charge is 2.27. The zero-order chi connectivity index (χ0) is 20.1. The van der Waals surface area contributed by atoms with Crippen LogP contribution in [-0.2, 0) is 4.79 Å². The molecule has 152 valence electrons. The van der Waals surface area contributed by atoms with E-state index >= 15 is 0 Å². The van der Waals surface area contributed by atoms with Gasteiger partial charge >= 0.3 is 0 Å². The van der Waals surface area contributed by atoms with E-state index in [9.17, 15) is 9.90 Å². The first kappa shape index (κ1) is 20.3. The summed E-state index contributed by atoms with van der Waals surface area (Å²) in [5, 5.41) is 12.7. The maximum Gasteiger partial charge on any atom is 0.237 e. The second-order valence-corrected chi connectivity index (χ2v) is 7.90. The van der Waals surface area contributed by atoms with Crippen LogP contribution in [0.4, 0.5) is 5.82 Å². The van der Waals surface area contributed by atoms with Crippen molar-refractivity contribution in [3.05, 3.63) is 30.5 Å². The third kappa shape index (κ3) is 5.28. The Morgan fingerprint density at radius 1 is 1.36 bits per heavy atom. The highest BCUT2D eigenvalue weighted by atomic mass is 16.3. The molecule has 0 bridgehead atoms. The number of amides is 1. The van der Waals surface area contributed by atoms with Crippen molar-refractivity contribution in [3.8, 4) is 5.95 Å². The molecule has 2 aromatic heterocycles. The predicted molar refractivity (Wildman–Crippen MR) is 107 cm³/mol. The van der Waals surface area contributed by atoms with Crippen LogP contribution in [0, 0.1) is 12.8 Å². The number of hydrogen-bond acceptors (Lipinski definition) is 6. The maximum atomic E-state index is 12.5. The number of rotatable bonds is 7. The smallest absolute Gasteiger partial charge is 0.237 e. The van der Waals surface area contributed by atoms with E-state index < -0.39 is 6.23 Å². The van der Waals surface area contributed by atoms with Crippen molar-refractivity contribution < 1.29 is 9.90 Å². The van der Waals surface area contributed by atoms with Crippen molar-refractivity contribution in [3.63, 3.8) is 0 Å². The Hall–Kier alpha value is -2.48. The molecule has 2 atom stereocenters. The normalized spacial score (nSPS) is 18.3. The predicted octanol–water partition coefficient (Wildman–Crippen LogP) is 2.20. The third-order valence-corrected chi connectivity index (χ3v) is 4.93. The number of aliphatic hydroxyl groups is 1. The van der Waals surface area contributed by atoms with Crippen molar-refractivity contribution >= 4 is 11.7 Å². The molecule has 1 aliphatic rings. The van der Waals surface area contributed by atoms with Crippen LogP contribution >= 0.6 is 0 Å². The van der Waals surface area contributed by atoms with Crippen LogP contribution in [0.1, 0.15) is 51.6 Å². The monoisotopic (exact) mass is 386 g/mol. The highest BCUT2D eigenvalue weighted by molar-refractivity contribution is 5.77. The minimum Gasteiger partial charge on any atom is -0.374 e. The Kier molecular flexibility index (Phi) is 6.61. The van der Waals surface area contributed by atoms with Gasteiger partial charge in [-0.05, 0) is 38.5 Å². The highest BCUT2D eigenvalue weighted by Crippen LogP contribution is 2.26. The molecule has 1 saturated heterocycles. The fourth-order valence-electron chi connectivity index (χ4n) is 3.66. The maximum absolute atomic E-state index is 12.5. The second-order valence-electron chi connectivity index (χ2n) is 7.90. The zero-order valence-electron chi connectivity index (χ0n) is 16.9. The molecule has 1 fully saturated rings. The molecule has 0 saturated carbocycles. The van der Waals surface area contributed by atoms with Crippen LogP contribution in [-0.4, -0.2) is 49.3 Å². The van der Waals surface area contributed by atoms with Gasteiger partial charge in [-0.1, -0.05) is 13.8 Å². The lowest BCUT2D eigenvalue weighted by molar-refractivity contribution is -0.124. The van der Waals surface area contributed by atoms with Crippen molar-refractivity contribution in [2.75, 3.05) is 11.4 Å². The van der Waals surface area contributed by atoms with Crippen LogP contribution in [0.3, 0.4) is 0 Å². The van der Waals surface area contributed by atoms with Gasteiger partial charge in [-0.3, -0.25) is 9.36 Å². The number of nitrogens with zero attached hydrogens (tertiary/aromatic N) is 5. The molecule has 3 heterocycles. The number of imidazole rings is 1. The number of aryl methyl sites for hydroxylation is 1. The van der Waals surface area contributed by atoms with Crippen LogP contribution in [0.2, 0.25) is 0 Å². The second kappa shape index (κ2) is 9.14. The topological polar surface area (TPSA) is 96.2 Å². The van der Waals surface area contributed by atoms with Gasteiger partial charge in [-0.25, -0.2) is 9.97 Å². The van der Waals surface area contributed by atoms with Gasteiger partial charge in [0.05, 0.1) is 0 Å². The molecule has 3 rings (SSSR count). The van der Waals surface area contributed by atoms with Crippen molar-refractivity contribution in [1.29, 1.82) is 0 Å². The molecule has 2 aromatic rings. The molecule has 8 heteroatoms. The number of aromatic nitrogens is 4. The first-order valence-corrected chi connectivity index (χ1v) is 10.0. The van der Waals surface area contributed by atoms with E-state index in [0.717, 1.165) is 37.3 Å². The number of aliphatic hydroxyl groups excluding tert-OH is 1. The SMILES string of the molecule is Cc1cc(N2CCCCC2CC(=O)NC(O)CC(C)C)nc(-n2ccnc2)n1. The Morgan fingerprint density at radius 2 is 2.18 bits per heavy atom. The summed E-state index contributed by atoms with van der Waals surface area (Å²) in [5.41, 5.74) is 0.870. The molecule has 2 N–H and O–H groups in total. The molecule has 28 heavy (non-hydrogen) atoms. The first-order valence-electron chi connectivity index (χ1n) is 10.0. The van der Waals surface area contributed by atoms with E-state index in [0.29, 0.717) is 24.7 Å². The van der Waals surface area contributed by atoms with E-state index in [-0.39, 0.29) is 11.9 Å². The molecule has 2 unspecified atom stereocenters. The minimum atomic E-state index is -0.793. The Morgan fingerprint density at radius 3 is 2.89 bits per heavy atom. The quantitative estimate of drug-likeness (QED) is 0.708. The molecule has 8 nitrogen and oxygen atoms in total. The number of anilines is 1. The molecule has 1 aliphatic heterocycles. The van der Waals surface area contributed by atoms with Gasteiger partial charge in [0.1, 0.15) is 18.4 Å². The summed E-state index contributed by atoms with van der Waals surface area (Å²) < 4.78 is 1.78. The van der Waals surface area contributed by atoms with Gasteiger partial charge in [0.25, 0.3) is 0 Å². The molecular weight excluding hydrogens is 356 g/mol. The summed E-state index contributed by atoms with van der Waals surface area (Å²) >= 11 is 0. The summed E-state index contributed by atoms with van der Waals surface area (Å²) in [6.07, 6.45) is 8.38. The van der Waals surface area contributed by atoms with Gasteiger partial charge in [0.15, 0.2) is 0 Å². The lowest BCUT2D eigenvalue weighted by atomic mass is 9.98. The Balaban J connectivity index is 1.74. The zero-order valence-corrected chi connectivity index (χ0v) is 16.9. The van der Waals surface area contributed by atoms with Gasteiger partial charge in [0.2, 0.25) is 11.9 Å². The Labute approximate surface area is 166 Å². The van der Waals surface area contributed by atoms with E-state index in [2.05, 4.69) is 20.2 Å². The van der Waals surface area contributed by atoms with E-state index in [1.165, 1.54) is 0 Å². The fraction of sp³-hybridized carbons (Fsp3) is 0.600. The molecule has 0 spiro atoms. The summed E-state index contributed by atoms with van der Waals surface area (Å²) in [7, 11) is 0. The number of hydrogen-bond donors (Lipinski definition) is 2. The van der Waals surface area contributed by atoms with Crippen molar-refractivity contribution in [2.45, 2.75) is 65.1 Å². The van der Waals surface area contributed by atoms with Gasteiger partial charge in [-0.2, -0.15) is 4.98 Å². The third-order valence-electron chi connectivity index (χ3n) is 4.93. The first-order chi connectivity index (χ1) is 13.4. The van der Waals surface area contributed by atoms with Crippen molar-refractivity contribution in [2.24, 2.45) is 5.92 Å². The number of nitrogens with one attached hydrogen (secondary N) is 1. The van der Waals surface area contributed by atoms with Crippen LogP contribution in [0.5, 0.6) is 0 Å². The average Bonchev–Trinajstić information content (AvgIpc) is 3.15. The summed E-state index contributed by atoms with van der Waals surface area (Å²) in [6.45, 7) is 6.84. The van der Waals surface area contributed by atoms with E-state index in [4.69, 9.17) is 4.98 Å².